The minimum atomic E-state index is -3.58. The SMILES string of the molecule is COc1ccc(C#Cc2ccc([C@H]3[C@@H](CO)N4CCCCN(S(=O)(=O)c5ccccc5)C[C@H]34)cc2)cc1. The van der Waals surface area contributed by atoms with Crippen LogP contribution in [0.25, 0.3) is 0 Å². The second-order valence-electron chi connectivity index (χ2n) is 9.56. The highest BCUT2D eigenvalue weighted by Crippen LogP contribution is 2.42. The Bertz CT molecular complexity index is 1360. The number of benzene rings is 3. The van der Waals surface area contributed by atoms with Gasteiger partial charge in [0.2, 0.25) is 10.0 Å². The first-order valence-corrected chi connectivity index (χ1v) is 14.1. The number of sulfonamides is 1. The second-order valence-corrected chi connectivity index (χ2v) is 11.5. The summed E-state index contributed by atoms with van der Waals surface area (Å²) < 4.78 is 33.7. The highest BCUT2D eigenvalue weighted by atomic mass is 32.2. The summed E-state index contributed by atoms with van der Waals surface area (Å²) in [6, 6.07) is 24.5. The van der Waals surface area contributed by atoms with E-state index in [4.69, 9.17) is 4.74 Å². The minimum absolute atomic E-state index is 0.0133. The molecule has 0 aliphatic carbocycles. The zero-order chi connectivity index (χ0) is 25.8. The Kier molecular flexibility index (Phi) is 7.63. The van der Waals surface area contributed by atoms with E-state index in [1.54, 1.807) is 35.7 Å². The molecule has 2 aliphatic heterocycles. The first-order valence-electron chi connectivity index (χ1n) is 12.7. The lowest BCUT2D eigenvalue weighted by molar-refractivity contribution is -0.0553. The fourth-order valence-corrected chi connectivity index (χ4v) is 6.99. The van der Waals surface area contributed by atoms with Crippen molar-refractivity contribution >= 4 is 10.0 Å². The molecule has 1 N–H and O–H groups in total. The molecule has 192 valence electrons. The van der Waals surface area contributed by atoms with Crippen LogP contribution in [0, 0.1) is 11.8 Å². The van der Waals surface area contributed by atoms with Gasteiger partial charge in [-0.25, -0.2) is 8.42 Å². The second kappa shape index (κ2) is 11.1. The summed E-state index contributed by atoms with van der Waals surface area (Å²) in [6.45, 7) is 1.85. The third-order valence-electron chi connectivity index (χ3n) is 7.45. The fourth-order valence-electron chi connectivity index (χ4n) is 5.48. The average Bonchev–Trinajstić information content (AvgIpc) is 2.92. The number of aliphatic hydroxyl groups is 1. The van der Waals surface area contributed by atoms with Gasteiger partial charge in [-0.15, -0.1) is 0 Å². The van der Waals surface area contributed by atoms with Gasteiger partial charge in [0.1, 0.15) is 5.75 Å². The Morgan fingerprint density at radius 3 is 2.14 bits per heavy atom. The number of aliphatic hydroxyl groups excluding tert-OH is 1. The molecule has 0 aromatic heterocycles. The van der Waals surface area contributed by atoms with E-state index in [2.05, 4.69) is 28.9 Å². The van der Waals surface area contributed by atoms with Crippen LogP contribution in [0.3, 0.4) is 0 Å². The average molecular weight is 517 g/mol. The third-order valence-corrected chi connectivity index (χ3v) is 9.33. The topological polar surface area (TPSA) is 70.1 Å². The Labute approximate surface area is 219 Å². The molecule has 2 saturated heterocycles. The van der Waals surface area contributed by atoms with Gasteiger partial charge in [-0.3, -0.25) is 4.90 Å². The van der Waals surface area contributed by atoms with Crippen molar-refractivity contribution in [3.8, 4) is 17.6 Å². The first kappa shape index (κ1) is 25.5. The van der Waals surface area contributed by atoms with Gasteiger partial charge < -0.3 is 9.84 Å². The van der Waals surface area contributed by atoms with Crippen LogP contribution in [0.4, 0.5) is 0 Å². The van der Waals surface area contributed by atoms with Gasteiger partial charge in [0.15, 0.2) is 0 Å². The quantitative estimate of drug-likeness (QED) is 0.524. The van der Waals surface area contributed by atoms with Gasteiger partial charge in [0.05, 0.1) is 18.6 Å². The summed E-state index contributed by atoms with van der Waals surface area (Å²) >= 11 is 0. The highest BCUT2D eigenvalue weighted by molar-refractivity contribution is 7.89. The van der Waals surface area contributed by atoms with Crippen molar-refractivity contribution in [2.45, 2.75) is 35.7 Å². The van der Waals surface area contributed by atoms with Crippen LogP contribution < -0.4 is 4.74 Å². The summed E-state index contributed by atoms with van der Waals surface area (Å²) in [7, 11) is -1.94. The Balaban J connectivity index is 1.36. The van der Waals surface area contributed by atoms with E-state index in [1.165, 1.54) is 0 Å². The van der Waals surface area contributed by atoms with Crippen LogP contribution in [-0.2, 0) is 10.0 Å². The number of nitrogens with zero attached hydrogens (tertiary/aromatic N) is 2. The predicted octanol–water partition coefficient (Wildman–Crippen LogP) is 3.71. The zero-order valence-electron chi connectivity index (χ0n) is 21.0. The number of ether oxygens (including phenoxy) is 1. The Morgan fingerprint density at radius 2 is 1.51 bits per heavy atom. The number of methoxy groups -OCH3 is 1. The largest absolute Gasteiger partial charge is 0.497 e. The van der Waals surface area contributed by atoms with Crippen LogP contribution in [0.15, 0.2) is 83.8 Å². The van der Waals surface area contributed by atoms with Crippen molar-refractivity contribution in [2.75, 3.05) is 33.4 Å². The molecule has 5 rings (SSSR count). The maximum absolute atomic E-state index is 13.4. The van der Waals surface area contributed by atoms with E-state index in [0.29, 0.717) is 18.0 Å². The molecule has 0 spiro atoms. The third kappa shape index (κ3) is 5.29. The van der Waals surface area contributed by atoms with Crippen molar-refractivity contribution in [3.05, 3.63) is 95.6 Å². The summed E-state index contributed by atoms with van der Waals surface area (Å²) in [5, 5.41) is 10.2. The monoisotopic (exact) mass is 516 g/mol. The van der Waals surface area contributed by atoms with Crippen molar-refractivity contribution in [2.24, 2.45) is 0 Å². The maximum Gasteiger partial charge on any atom is 0.243 e. The van der Waals surface area contributed by atoms with Gasteiger partial charge in [-0.2, -0.15) is 4.31 Å². The normalized spacial score (nSPS) is 22.5. The molecule has 0 unspecified atom stereocenters. The lowest BCUT2D eigenvalue weighted by atomic mass is 9.74. The molecule has 6 nitrogen and oxygen atoms in total. The molecule has 3 aromatic carbocycles. The van der Waals surface area contributed by atoms with Crippen LogP contribution in [0.2, 0.25) is 0 Å². The van der Waals surface area contributed by atoms with Crippen LogP contribution in [-0.4, -0.2) is 68.2 Å². The van der Waals surface area contributed by atoms with E-state index in [0.717, 1.165) is 41.8 Å². The van der Waals surface area contributed by atoms with Gasteiger partial charge in [0, 0.05) is 42.2 Å². The van der Waals surface area contributed by atoms with Crippen molar-refractivity contribution in [3.63, 3.8) is 0 Å². The summed E-state index contributed by atoms with van der Waals surface area (Å²) in [5.74, 6) is 7.24. The molecule has 7 heteroatoms. The predicted molar refractivity (Wildman–Crippen MR) is 144 cm³/mol. The van der Waals surface area contributed by atoms with E-state index in [-0.39, 0.29) is 24.6 Å². The van der Waals surface area contributed by atoms with Gasteiger partial charge in [-0.1, -0.05) is 42.2 Å². The maximum atomic E-state index is 13.4. The smallest absolute Gasteiger partial charge is 0.243 e. The Morgan fingerprint density at radius 1 is 0.892 bits per heavy atom. The van der Waals surface area contributed by atoms with E-state index in [1.807, 2.05) is 42.5 Å². The molecule has 0 saturated carbocycles. The molecule has 0 radical (unpaired) electrons. The van der Waals surface area contributed by atoms with Gasteiger partial charge in [-0.05, 0) is 73.5 Å². The molecule has 3 aromatic rings. The molecule has 2 aliphatic rings. The number of fused-ring (bicyclic) bond motifs is 1. The minimum Gasteiger partial charge on any atom is -0.497 e. The van der Waals surface area contributed by atoms with Gasteiger partial charge in [0.25, 0.3) is 0 Å². The molecule has 2 heterocycles. The van der Waals surface area contributed by atoms with Crippen molar-refractivity contribution in [1.82, 2.24) is 9.21 Å². The molecule has 0 amide bonds. The van der Waals surface area contributed by atoms with Crippen LogP contribution in [0.1, 0.15) is 35.4 Å². The highest BCUT2D eigenvalue weighted by Gasteiger charge is 2.50. The summed E-state index contributed by atoms with van der Waals surface area (Å²) in [5.41, 5.74) is 2.92. The lowest BCUT2D eigenvalue weighted by Crippen LogP contribution is -2.67. The number of rotatable bonds is 5. The van der Waals surface area contributed by atoms with Crippen LogP contribution in [0.5, 0.6) is 5.75 Å². The molecule has 37 heavy (non-hydrogen) atoms. The molecule has 3 atom stereocenters. The zero-order valence-corrected chi connectivity index (χ0v) is 21.8. The van der Waals surface area contributed by atoms with E-state index >= 15 is 0 Å². The summed E-state index contributed by atoms with van der Waals surface area (Å²) in [6.07, 6.45) is 1.71. The summed E-state index contributed by atoms with van der Waals surface area (Å²) in [4.78, 5) is 2.62. The molecular formula is C30H32N2O4S. The fraction of sp³-hybridized carbons (Fsp3) is 0.333. The van der Waals surface area contributed by atoms with Crippen LogP contribution >= 0.6 is 0 Å². The Hall–Kier alpha value is -3.15. The molecule has 2 fully saturated rings. The molecule has 0 bridgehead atoms. The number of hydrogen-bond donors (Lipinski definition) is 1. The number of hydrogen-bond acceptors (Lipinski definition) is 5. The first-order chi connectivity index (χ1) is 18.0. The van der Waals surface area contributed by atoms with E-state index in [9.17, 15) is 13.5 Å². The van der Waals surface area contributed by atoms with Crippen molar-refractivity contribution in [1.29, 1.82) is 0 Å². The van der Waals surface area contributed by atoms with E-state index < -0.39 is 10.0 Å². The van der Waals surface area contributed by atoms with Gasteiger partial charge >= 0.3 is 0 Å². The van der Waals surface area contributed by atoms with Crippen molar-refractivity contribution < 1.29 is 18.3 Å². The molecular weight excluding hydrogens is 484 g/mol. The standard InChI is InChI=1S/C30H32N2O4S/c1-36-26-17-13-24(14-18-26)10-9-23-11-15-25(16-12-23)30-28-21-31(19-5-6-20-32(28)29(30)22-33)37(34,35)27-7-3-2-4-8-27/h2-4,7-8,11-18,28-30,33H,5-6,19-22H2,1H3/t28-,29-,30-/m1/s1. The lowest BCUT2D eigenvalue weighted by Gasteiger charge is -2.57.